The van der Waals surface area contributed by atoms with Crippen molar-refractivity contribution in [1.29, 1.82) is 0 Å². The van der Waals surface area contributed by atoms with Crippen LogP contribution in [0.25, 0.3) is 11.4 Å². The van der Waals surface area contributed by atoms with E-state index >= 15 is 0 Å². The molecule has 128 valence electrons. The van der Waals surface area contributed by atoms with Crippen molar-refractivity contribution in [2.24, 2.45) is 5.92 Å². The van der Waals surface area contributed by atoms with Gasteiger partial charge in [0.2, 0.25) is 11.9 Å². The normalized spacial score (nSPS) is 15.1. The number of methoxy groups -OCH3 is 2. The van der Waals surface area contributed by atoms with Crippen molar-refractivity contribution in [1.82, 2.24) is 20.5 Å². The molecule has 2 heterocycles. The predicted molar refractivity (Wildman–Crippen MR) is 89.1 cm³/mol. The molecule has 8 heteroatoms. The number of H-pyrrole nitrogens is 1. The highest BCUT2D eigenvalue weighted by Crippen LogP contribution is 2.31. The summed E-state index contributed by atoms with van der Waals surface area (Å²) >= 11 is 0. The molecule has 1 amide bonds. The van der Waals surface area contributed by atoms with Gasteiger partial charge in [0.15, 0.2) is 5.82 Å². The summed E-state index contributed by atoms with van der Waals surface area (Å²) in [7, 11) is 3.17. The third-order valence-electron chi connectivity index (χ3n) is 4.09. The zero-order chi connectivity index (χ0) is 16.9. The lowest BCUT2D eigenvalue weighted by atomic mass is 9.97. The maximum absolute atomic E-state index is 12.2. The molecular formula is C16H21N5O3. The van der Waals surface area contributed by atoms with Gasteiger partial charge in [0.1, 0.15) is 11.5 Å². The van der Waals surface area contributed by atoms with Crippen molar-refractivity contribution in [3.63, 3.8) is 0 Å². The predicted octanol–water partition coefficient (Wildman–Crippen LogP) is 1.43. The Labute approximate surface area is 140 Å². The van der Waals surface area contributed by atoms with Gasteiger partial charge in [-0.3, -0.25) is 15.2 Å². The number of piperidine rings is 1. The van der Waals surface area contributed by atoms with Gasteiger partial charge in [-0.2, -0.15) is 4.98 Å². The molecule has 0 atom stereocenters. The first-order valence-electron chi connectivity index (χ1n) is 7.87. The number of anilines is 1. The summed E-state index contributed by atoms with van der Waals surface area (Å²) in [5, 5.41) is 12.9. The van der Waals surface area contributed by atoms with E-state index in [9.17, 15) is 4.79 Å². The lowest BCUT2D eigenvalue weighted by Crippen LogP contribution is -2.34. The second-order valence-corrected chi connectivity index (χ2v) is 5.59. The van der Waals surface area contributed by atoms with Crippen LogP contribution in [0.4, 0.5) is 5.95 Å². The maximum atomic E-state index is 12.2. The van der Waals surface area contributed by atoms with Gasteiger partial charge in [0.05, 0.1) is 19.8 Å². The minimum atomic E-state index is -0.0382. The van der Waals surface area contributed by atoms with Crippen LogP contribution in [0.15, 0.2) is 18.2 Å². The Morgan fingerprint density at radius 2 is 2.04 bits per heavy atom. The fraction of sp³-hybridized carbons (Fsp3) is 0.438. The highest BCUT2D eigenvalue weighted by atomic mass is 16.5. The average Bonchev–Trinajstić information content (AvgIpc) is 3.10. The molecule has 1 aliphatic heterocycles. The zero-order valence-electron chi connectivity index (χ0n) is 13.8. The topological polar surface area (TPSA) is 101 Å². The number of rotatable bonds is 5. The van der Waals surface area contributed by atoms with Crippen molar-refractivity contribution < 1.29 is 14.3 Å². The van der Waals surface area contributed by atoms with Gasteiger partial charge >= 0.3 is 0 Å². The molecule has 0 unspecified atom stereocenters. The van der Waals surface area contributed by atoms with Gasteiger partial charge in [-0.15, -0.1) is 5.10 Å². The van der Waals surface area contributed by atoms with Crippen LogP contribution in [0, 0.1) is 5.92 Å². The Morgan fingerprint density at radius 1 is 1.25 bits per heavy atom. The molecule has 0 saturated carbocycles. The first-order valence-corrected chi connectivity index (χ1v) is 7.87. The summed E-state index contributed by atoms with van der Waals surface area (Å²) < 4.78 is 10.5. The van der Waals surface area contributed by atoms with Crippen LogP contribution < -0.4 is 20.1 Å². The van der Waals surface area contributed by atoms with Crippen LogP contribution in [-0.4, -0.2) is 48.4 Å². The Hall–Kier alpha value is -2.61. The van der Waals surface area contributed by atoms with Crippen LogP contribution >= 0.6 is 0 Å². The number of aromatic nitrogens is 3. The molecule has 3 N–H and O–H groups in total. The highest BCUT2D eigenvalue weighted by molar-refractivity contribution is 5.91. The van der Waals surface area contributed by atoms with E-state index in [1.807, 2.05) is 12.1 Å². The zero-order valence-corrected chi connectivity index (χ0v) is 13.8. The second-order valence-electron chi connectivity index (χ2n) is 5.59. The largest absolute Gasteiger partial charge is 0.497 e. The number of benzene rings is 1. The molecule has 0 radical (unpaired) electrons. The summed E-state index contributed by atoms with van der Waals surface area (Å²) in [6, 6.07) is 5.41. The Morgan fingerprint density at radius 3 is 2.75 bits per heavy atom. The Kier molecular flexibility index (Phi) is 4.95. The van der Waals surface area contributed by atoms with Gasteiger partial charge in [0.25, 0.3) is 0 Å². The number of hydrogen-bond donors (Lipinski definition) is 3. The van der Waals surface area contributed by atoms with Crippen molar-refractivity contribution in [2.75, 3.05) is 32.6 Å². The van der Waals surface area contributed by atoms with E-state index in [2.05, 4.69) is 25.8 Å². The minimum Gasteiger partial charge on any atom is -0.497 e. The molecule has 8 nitrogen and oxygen atoms in total. The number of carbonyl (C=O) groups is 1. The molecule has 24 heavy (non-hydrogen) atoms. The van der Waals surface area contributed by atoms with Crippen LogP contribution in [0.5, 0.6) is 11.5 Å². The van der Waals surface area contributed by atoms with E-state index in [-0.39, 0.29) is 17.8 Å². The fourth-order valence-corrected chi connectivity index (χ4v) is 2.73. The molecule has 3 rings (SSSR count). The van der Waals surface area contributed by atoms with Crippen molar-refractivity contribution >= 4 is 11.9 Å². The molecule has 1 saturated heterocycles. The molecule has 1 aromatic heterocycles. The second kappa shape index (κ2) is 7.31. The highest BCUT2D eigenvalue weighted by Gasteiger charge is 2.22. The Bertz CT molecular complexity index is 709. The summed E-state index contributed by atoms with van der Waals surface area (Å²) in [6.45, 7) is 1.72. The van der Waals surface area contributed by atoms with Gasteiger partial charge in [-0.1, -0.05) is 0 Å². The molecule has 1 aromatic carbocycles. The van der Waals surface area contributed by atoms with E-state index < -0.39 is 0 Å². The van der Waals surface area contributed by atoms with Crippen LogP contribution in [0.3, 0.4) is 0 Å². The summed E-state index contributed by atoms with van der Waals surface area (Å²) in [4.78, 5) is 16.6. The first kappa shape index (κ1) is 16.3. The van der Waals surface area contributed by atoms with Crippen molar-refractivity contribution in [3.8, 4) is 22.9 Å². The smallest absolute Gasteiger partial charge is 0.249 e. The van der Waals surface area contributed by atoms with E-state index in [1.54, 1.807) is 20.3 Å². The average molecular weight is 331 g/mol. The SMILES string of the molecule is COc1ccc(-c2nc(NC(=O)C3CCNCC3)n[nH]2)c(OC)c1. The lowest BCUT2D eigenvalue weighted by Gasteiger charge is -2.20. The molecule has 2 aromatic rings. The summed E-state index contributed by atoms with van der Waals surface area (Å²) in [5.41, 5.74) is 0.744. The van der Waals surface area contributed by atoms with Gasteiger partial charge in [0, 0.05) is 12.0 Å². The van der Waals surface area contributed by atoms with Gasteiger partial charge in [-0.25, -0.2) is 0 Å². The minimum absolute atomic E-state index is 0.00345. The third-order valence-corrected chi connectivity index (χ3v) is 4.09. The number of amides is 1. The van der Waals surface area contributed by atoms with E-state index in [1.165, 1.54) is 0 Å². The number of aromatic amines is 1. The number of ether oxygens (including phenoxy) is 2. The van der Waals surface area contributed by atoms with Crippen LogP contribution in [0.2, 0.25) is 0 Å². The monoisotopic (exact) mass is 331 g/mol. The molecule has 1 fully saturated rings. The number of nitrogens with one attached hydrogen (secondary N) is 3. The molecule has 0 spiro atoms. The quantitative estimate of drug-likeness (QED) is 0.766. The van der Waals surface area contributed by atoms with Gasteiger partial charge in [-0.05, 0) is 38.1 Å². The third kappa shape index (κ3) is 3.48. The summed E-state index contributed by atoms with van der Waals surface area (Å²) in [5.74, 6) is 2.06. The van der Waals surface area contributed by atoms with Crippen LogP contribution in [-0.2, 0) is 4.79 Å². The molecule has 0 bridgehead atoms. The van der Waals surface area contributed by atoms with E-state index in [4.69, 9.17) is 9.47 Å². The van der Waals surface area contributed by atoms with Crippen molar-refractivity contribution in [3.05, 3.63) is 18.2 Å². The van der Waals surface area contributed by atoms with E-state index in [0.29, 0.717) is 17.3 Å². The molecular weight excluding hydrogens is 310 g/mol. The lowest BCUT2D eigenvalue weighted by molar-refractivity contribution is -0.120. The number of hydrogen-bond acceptors (Lipinski definition) is 6. The maximum Gasteiger partial charge on any atom is 0.249 e. The molecule has 1 aliphatic rings. The first-order chi connectivity index (χ1) is 11.7. The number of carbonyl (C=O) groups excluding carboxylic acids is 1. The van der Waals surface area contributed by atoms with Crippen molar-refractivity contribution in [2.45, 2.75) is 12.8 Å². The Balaban J connectivity index is 1.74. The van der Waals surface area contributed by atoms with Gasteiger partial charge < -0.3 is 14.8 Å². The van der Waals surface area contributed by atoms with E-state index in [0.717, 1.165) is 31.5 Å². The standard InChI is InChI=1S/C16H21N5O3/c1-23-11-3-4-12(13(9-11)24-2)14-18-16(21-20-14)19-15(22)10-5-7-17-8-6-10/h3-4,9-10,17H,5-8H2,1-2H3,(H2,18,19,20,21,22). The number of nitrogens with zero attached hydrogens (tertiary/aromatic N) is 2. The van der Waals surface area contributed by atoms with Crippen LogP contribution in [0.1, 0.15) is 12.8 Å². The fourth-order valence-electron chi connectivity index (χ4n) is 2.73. The summed E-state index contributed by atoms with van der Waals surface area (Å²) in [6.07, 6.45) is 1.66. The molecule has 0 aliphatic carbocycles.